The number of rotatable bonds is 5. The molecule has 0 aliphatic carbocycles. The number of carbonyl (C=O) groups is 2. The number of hydrogen-bond donors (Lipinski definition) is 2. The van der Waals surface area contributed by atoms with Crippen LogP contribution < -0.4 is 15.5 Å². The Kier molecular flexibility index (Phi) is 7.48. The third kappa shape index (κ3) is 5.84. The number of furan rings is 1. The predicted octanol–water partition coefficient (Wildman–Crippen LogP) is 3.52. The summed E-state index contributed by atoms with van der Waals surface area (Å²) in [5.41, 5.74) is 1.60. The van der Waals surface area contributed by atoms with Gasteiger partial charge in [0.05, 0.1) is 17.6 Å². The minimum Gasteiger partial charge on any atom is -0.465 e. The van der Waals surface area contributed by atoms with Crippen LogP contribution in [0.1, 0.15) is 19.1 Å². The summed E-state index contributed by atoms with van der Waals surface area (Å²) in [5, 5.41) is 6.37. The highest BCUT2D eigenvalue weighted by Gasteiger charge is 2.22. The van der Waals surface area contributed by atoms with Gasteiger partial charge in [0.25, 0.3) is 0 Å². The lowest BCUT2D eigenvalue weighted by Gasteiger charge is -2.37. The van der Waals surface area contributed by atoms with Crippen molar-refractivity contribution in [2.45, 2.75) is 13.3 Å². The summed E-state index contributed by atoms with van der Waals surface area (Å²) >= 11 is 11.5. The van der Waals surface area contributed by atoms with Crippen molar-refractivity contribution in [2.75, 3.05) is 36.4 Å². The van der Waals surface area contributed by atoms with E-state index in [1.165, 1.54) is 12.3 Å². The molecule has 2 N–H and O–H groups in total. The smallest absolute Gasteiger partial charge is 0.250 e. The van der Waals surface area contributed by atoms with Gasteiger partial charge in [0.1, 0.15) is 5.76 Å². The predicted molar refractivity (Wildman–Crippen MR) is 123 cm³/mol. The molecule has 0 saturated carbocycles. The number of thiocarbonyl (C=S) groups is 1. The molecule has 1 saturated heterocycles. The van der Waals surface area contributed by atoms with Crippen LogP contribution in [0.5, 0.6) is 0 Å². The number of carbonyl (C=O) groups excluding carboxylic acids is 2. The highest BCUT2D eigenvalue weighted by Crippen LogP contribution is 2.30. The van der Waals surface area contributed by atoms with Gasteiger partial charge >= 0.3 is 0 Å². The summed E-state index contributed by atoms with van der Waals surface area (Å²) < 4.78 is 5.15. The van der Waals surface area contributed by atoms with Crippen molar-refractivity contribution in [1.29, 1.82) is 0 Å². The number of benzene rings is 1. The average Bonchev–Trinajstić information content (AvgIpc) is 3.25. The van der Waals surface area contributed by atoms with E-state index in [4.69, 9.17) is 28.2 Å². The molecule has 0 atom stereocenters. The van der Waals surface area contributed by atoms with Crippen LogP contribution in [0.25, 0.3) is 6.08 Å². The van der Waals surface area contributed by atoms with Gasteiger partial charge in [-0.25, -0.2) is 0 Å². The molecule has 7 nitrogen and oxygen atoms in total. The summed E-state index contributed by atoms with van der Waals surface area (Å²) in [6.45, 7) is 4.59. The lowest BCUT2D eigenvalue weighted by atomic mass is 10.2. The average molecular weight is 447 g/mol. The number of nitrogens with zero attached hydrogens (tertiary/aromatic N) is 2. The van der Waals surface area contributed by atoms with Crippen molar-refractivity contribution < 1.29 is 14.0 Å². The second kappa shape index (κ2) is 10.3. The lowest BCUT2D eigenvalue weighted by molar-refractivity contribution is -0.131. The van der Waals surface area contributed by atoms with Gasteiger partial charge in [-0.1, -0.05) is 18.5 Å². The molecule has 0 spiro atoms. The Morgan fingerprint density at radius 1 is 1.23 bits per heavy atom. The maximum Gasteiger partial charge on any atom is 0.250 e. The van der Waals surface area contributed by atoms with Crippen LogP contribution in [0.3, 0.4) is 0 Å². The molecule has 1 aromatic heterocycles. The number of hydrogen-bond acceptors (Lipinski definition) is 5. The molecule has 0 bridgehead atoms. The van der Waals surface area contributed by atoms with Gasteiger partial charge in [-0.15, -0.1) is 0 Å². The van der Waals surface area contributed by atoms with Crippen molar-refractivity contribution in [3.63, 3.8) is 0 Å². The Hall–Kier alpha value is -2.84. The molecular weight excluding hydrogens is 424 g/mol. The normalized spacial score (nSPS) is 14.1. The van der Waals surface area contributed by atoms with E-state index in [9.17, 15) is 9.59 Å². The van der Waals surface area contributed by atoms with Gasteiger partial charge in [-0.2, -0.15) is 0 Å². The summed E-state index contributed by atoms with van der Waals surface area (Å²) in [7, 11) is 0. The Balaban J connectivity index is 1.63. The Labute approximate surface area is 185 Å². The SMILES string of the molecule is CCC(=O)N1CCN(c2ccc(Cl)cc2NC(=S)NC(=O)C=Cc2ccco2)CC1. The fourth-order valence-electron chi connectivity index (χ4n) is 3.16. The Morgan fingerprint density at radius 3 is 2.67 bits per heavy atom. The fraction of sp³-hybridized carbons (Fsp3) is 0.286. The van der Waals surface area contributed by atoms with Crippen molar-refractivity contribution in [3.05, 3.63) is 53.5 Å². The van der Waals surface area contributed by atoms with Crippen LogP contribution in [0.2, 0.25) is 5.02 Å². The van der Waals surface area contributed by atoms with Crippen LogP contribution in [0.15, 0.2) is 47.1 Å². The molecule has 1 aliphatic rings. The highest BCUT2D eigenvalue weighted by molar-refractivity contribution is 7.80. The fourth-order valence-corrected chi connectivity index (χ4v) is 3.54. The number of nitrogens with one attached hydrogen (secondary N) is 2. The molecule has 1 fully saturated rings. The van der Waals surface area contributed by atoms with Gasteiger partial charge in [-0.3, -0.25) is 14.9 Å². The number of anilines is 2. The highest BCUT2D eigenvalue weighted by atomic mass is 35.5. The first-order valence-electron chi connectivity index (χ1n) is 9.62. The second-order valence-electron chi connectivity index (χ2n) is 6.67. The third-order valence-electron chi connectivity index (χ3n) is 4.66. The van der Waals surface area contributed by atoms with Crippen LogP contribution >= 0.6 is 23.8 Å². The Morgan fingerprint density at radius 2 is 2.00 bits per heavy atom. The Bertz CT molecular complexity index is 938. The summed E-state index contributed by atoms with van der Waals surface area (Å²) in [6, 6.07) is 8.95. The van der Waals surface area contributed by atoms with Gasteiger partial charge < -0.3 is 19.5 Å². The van der Waals surface area contributed by atoms with Crippen molar-refractivity contribution in [2.24, 2.45) is 0 Å². The van der Waals surface area contributed by atoms with E-state index in [-0.39, 0.29) is 16.9 Å². The molecule has 2 heterocycles. The monoisotopic (exact) mass is 446 g/mol. The van der Waals surface area contributed by atoms with Crippen LogP contribution in [0, 0.1) is 0 Å². The van der Waals surface area contributed by atoms with Gasteiger partial charge in [-0.05, 0) is 48.6 Å². The standard InChI is InChI=1S/C21H23ClN4O3S/c1-2-20(28)26-11-9-25(10-12-26)18-7-5-15(22)14-17(18)23-21(30)24-19(27)8-6-16-4-3-13-29-16/h3-8,13-14H,2,9-12H2,1H3,(H2,23,24,27,30). The largest absolute Gasteiger partial charge is 0.465 e. The molecule has 1 aromatic carbocycles. The van der Waals surface area contributed by atoms with Crippen molar-refractivity contribution >= 4 is 58.2 Å². The van der Waals surface area contributed by atoms with Crippen LogP contribution in [0.4, 0.5) is 11.4 Å². The van der Waals surface area contributed by atoms with Crippen molar-refractivity contribution in [3.8, 4) is 0 Å². The molecular formula is C21H23ClN4O3S. The molecule has 2 amide bonds. The molecule has 1 aliphatic heterocycles. The number of amides is 2. The van der Waals surface area contributed by atoms with E-state index in [1.54, 1.807) is 30.3 Å². The summed E-state index contributed by atoms with van der Waals surface area (Å²) in [5.74, 6) is 0.358. The summed E-state index contributed by atoms with van der Waals surface area (Å²) in [4.78, 5) is 28.0. The molecule has 0 radical (unpaired) electrons. The van der Waals surface area contributed by atoms with Crippen LogP contribution in [-0.4, -0.2) is 48.0 Å². The first kappa shape index (κ1) is 21.9. The van der Waals surface area contributed by atoms with Gasteiger partial charge in [0.2, 0.25) is 11.8 Å². The van der Waals surface area contributed by atoms with E-state index < -0.39 is 0 Å². The van der Waals surface area contributed by atoms with Crippen LogP contribution in [-0.2, 0) is 9.59 Å². The topological polar surface area (TPSA) is 77.8 Å². The zero-order valence-electron chi connectivity index (χ0n) is 16.6. The van der Waals surface area contributed by atoms with E-state index in [1.807, 2.05) is 17.9 Å². The van der Waals surface area contributed by atoms with Crippen molar-refractivity contribution in [1.82, 2.24) is 10.2 Å². The lowest BCUT2D eigenvalue weighted by Crippen LogP contribution is -2.48. The maximum atomic E-state index is 12.1. The van der Waals surface area contributed by atoms with E-state index in [0.717, 1.165) is 5.69 Å². The first-order valence-corrected chi connectivity index (χ1v) is 10.4. The van der Waals surface area contributed by atoms with Gasteiger partial charge in [0, 0.05) is 43.7 Å². The zero-order valence-corrected chi connectivity index (χ0v) is 18.1. The minimum atomic E-state index is -0.376. The first-order chi connectivity index (χ1) is 14.5. The van der Waals surface area contributed by atoms with Gasteiger partial charge in [0.15, 0.2) is 5.11 Å². The molecule has 2 aromatic rings. The molecule has 0 unspecified atom stereocenters. The molecule has 158 valence electrons. The quantitative estimate of drug-likeness (QED) is 0.540. The number of halogens is 1. The third-order valence-corrected chi connectivity index (χ3v) is 5.10. The zero-order chi connectivity index (χ0) is 21.5. The van der Waals surface area contributed by atoms with E-state index in [2.05, 4.69) is 15.5 Å². The number of piperazine rings is 1. The molecule has 9 heteroatoms. The minimum absolute atomic E-state index is 0.160. The second-order valence-corrected chi connectivity index (χ2v) is 7.52. The summed E-state index contributed by atoms with van der Waals surface area (Å²) in [6.07, 6.45) is 4.94. The van der Waals surface area contributed by atoms with E-state index in [0.29, 0.717) is 49.1 Å². The molecule has 30 heavy (non-hydrogen) atoms. The maximum absolute atomic E-state index is 12.1. The molecule has 3 rings (SSSR count). The van der Waals surface area contributed by atoms with E-state index >= 15 is 0 Å².